The highest BCUT2D eigenvalue weighted by Crippen LogP contribution is 2.34. The van der Waals surface area contributed by atoms with Crippen molar-refractivity contribution in [3.05, 3.63) is 24.7 Å². The Balaban J connectivity index is 3.50. The predicted molar refractivity (Wildman–Crippen MR) is 64.8 cm³/mol. The number of anilines is 1. The Labute approximate surface area is 102 Å². The molecule has 13 heavy (non-hydrogen) atoms. The predicted octanol–water partition coefficient (Wildman–Crippen LogP) is 2.39. The van der Waals surface area contributed by atoms with Crippen molar-refractivity contribution >= 4 is 61.7 Å². The molecule has 0 bridgehead atoms. The Kier molecular flexibility index (Phi) is 3.42. The molecule has 0 spiro atoms. The summed E-state index contributed by atoms with van der Waals surface area (Å²) in [6, 6.07) is 1.59. The molecule has 0 saturated carbocycles. The van der Waals surface area contributed by atoms with Gasteiger partial charge in [-0.25, -0.2) is 0 Å². The van der Waals surface area contributed by atoms with Gasteiger partial charge >= 0.3 is 0 Å². The zero-order valence-electron chi connectivity index (χ0n) is 6.27. The lowest BCUT2D eigenvalue weighted by atomic mass is 10.2. The van der Waals surface area contributed by atoms with Crippen LogP contribution in [0.1, 0.15) is 10.4 Å². The Morgan fingerprint density at radius 2 is 2.15 bits per heavy atom. The molecular weight excluding hydrogens is 370 g/mol. The van der Waals surface area contributed by atoms with Crippen LogP contribution in [0.5, 0.6) is 0 Å². The molecule has 1 aromatic carbocycles. The molecule has 0 fully saturated rings. The minimum Gasteiger partial charge on any atom is -0.397 e. The van der Waals surface area contributed by atoms with Gasteiger partial charge in [-0.3, -0.25) is 4.79 Å². The van der Waals surface area contributed by atoms with E-state index in [1.165, 1.54) is 0 Å². The molecular formula is C7H5BrClIN2O. The van der Waals surface area contributed by atoms with Crippen molar-refractivity contribution < 1.29 is 4.79 Å². The normalized spacial score (nSPS) is 10.1. The third-order valence-electron chi connectivity index (χ3n) is 1.47. The second-order valence-corrected chi connectivity index (χ2v) is 4.64. The number of hydrogen-bond acceptors (Lipinski definition) is 2. The first kappa shape index (κ1) is 11.1. The molecule has 0 saturated heterocycles. The minimum absolute atomic E-state index is 0.210. The summed E-state index contributed by atoms with van der Waals surface area (Å²) in [6.45, 7) is 0. The molecule has 0 aliphatic carbocycles. The molecule has 0 aromatic heterocycles. The van der Waals surface area contributed by atoms with Crippen LogP contribution in [-0.4, -0.2) is 5.91 Å². The van der Waals surface area contributed by atoms with E-state index in [0.717, 1.165) is 3.57 Å². The number of benzene rings is 1. The van der Waals surface area contributed by atoms with E-state index < -0.39 is 5.91 Å². The first-order valence-corrected chi connectivity index (χ1v) is 5.43. The van der Waals surface area contributed by atoms with Gasteiger partial charge in [0.25, 0.3) is 5.91 Å². The molecule has 0 aliphatic heterocycles. The Hall–Kier alpha value is -0.0100. The molecule has 0 aliphatic rings. The maximum Gasteiger partial charge on any atom is 0.250 e. The third kappa shape index (κ3) is 2.08. The Bertz CT molecular complexity index is 383. The first-order valence-electron chi connectivity index (χ1n) is 3.18. The van der Waals surface area contributed by atoms with Crippen LogP contribution in [0.15, 0.2) is 10.5 Å². The molecule has 0 atom stereocenters. The van der Waals surface area contributed by atoms with Crippen LogP contribution in [0, 0.1) is 3.57 Å². The molecule has 0 radical (unpaired) electrons. The van der Waals surface area contributed by atoms with Crippen molar-refractivity contribution in [2.75, 3.05) is 5.73 Å². The summed E-state index contributed by atoms with van der Waals surface area (Å²) in [7, 11) is 0. The van der Waals surface area contributed by atoms with Gasteiger partial charge < -0.3 is 11.5 Å². The van der Waals surface area contributed by atoms with Crippen molar-refractivity contribution in [3.8, 4) is 0 Å². The van der Waals surface area contributed by atoms with Crippen LogP contribution < -0.4 is 11.5 Å². The van der Waals surface area contributed by atoms with Crippen LogP contribution in [0.3, 0.4) is 0 Å². The van der Waals surface area contributed by atoms with Crippen molar-refractivity contribution in [2.45, 2.75) is 0 Å². The molecule has 0 unspecified atom stereocenters. The van der Waals surface area contributed by atoms with Gasteiger partial charge in [0, 0.05) is 3.57 Å². The number of halogens is 3. The number of nitrogens with two attached hydrogens (primary N) is 2. The number of primary amides is 1. The molecule has 4 N–H and O–H groups in total. The Morgan fingerprint density at radius 1 is 1.62 bits per heavy atom. The quantitative estimate of drug-likeness (QED) is 0.450. The first-order chi connectivity index (χ1) is 5.95. The zero-order chi connectivity index (χ0) is 10.2. The van der Waals surface area contributed by atoms with Gasteiger partial charge in [0.2, 0.25) is 0 Å². The van der Waals surface area contributed by atoms with E-state index in [9.17, 15) is 4.79 Å². The fourth-order valence-electron chi connectivity index (χ4n) is 0.813. The third-order valence-corrected chi connectivity index (χ3v) is 4.50. The van der Waals surface area contributed by atoms with E-state index >= 15 is 0 Å². The summed E-state index contributed by atoms with van der Waals surface area (Å²) in [6.07, 6.45) is 0. The smallest absolute Gasteiger partial charge is 0.250 e. The van der Waals surface area contributed by atoms with Crippen LogP contribution >= 0.6 is 50.1 Å². The largest absolute Gasteiger partial charge is 0.397 e. The summed E-state index contributed by atoms with van der Waals surface area (Å²) in [5.74, 6) is -0.579. The van der Waals surface area contributed by atoms with Gasteiger partial charge in [0.1, 0.15) is 0 Å². The zero-order valence-corrected chi connectivity index (χ0v) is 10.8. The number of nitrogen functional groups attached to an aromatic ring is 1. The second-order valence-electron chi connectivity index (χ2n) is 2.31. The fourth-order valence-corrected chi connectivity index (χ4v) is 2.09. The molecule has 1 amide bonds. The summed E-state index contributed by atoms with van der Waals surface area (Å²) < 4.78 is 1.47. The highest BCUT2D eigenvalue weighted by atomic mass is 127. The molecule has 1 rings (SSSR count). The van der Waals surface area contributed by atoms with Gasteiger partial charge in [-0.2, -0.15) is 0 Å². The standard InChI is InChI=1S/C7H5BrClIN2O/c8-4-3(10)1-2(7(12)13)6(11)5(4)9/h1H,11H2,(H2,12,13). The summed E-state index contributed by atoms with van der Waals surface area (Å²) in [5.41, 5.74) is 11.2. The van der Waals surface area contributed by atoms with Gasteiger partial charge in [-0.05, 0) is 44.6 Å². The van der Waals surface area contributed by atoms with Crippen molar-refractivity contribution in [2.24, 2.45) is 5.73 Å². The average Bonchev–Trinajstić information content (AvgIpc) is 2.07. The number of hydrogen-bond donors (Lipinski definition) is 2. The van der Waals surface area contributed by atoms with E-state index in [0.29, 0.717) is 9.50 Å². The lowest BCUT2D eigenvalue weighted by molar-refractivity contribution is 0.100. The lowest BCUT2D eigenvalue weighted by Gasteiger charge is -2.07. The fraction of sp³-hybridized carbons (Fsp3) is 0. The number of amides is 1. The van der Waals surface area contributed by atoms with E-state index in [2.05, 4.69) is 15.9 Å². The van der Waals surface area contributed by atoms with Gasteiger partial charge in [0.05, 0.1) is 20.7 Å². The highest BCUT2D eigenvalue weighted by molar-refractivity contribution is 14.1. The number of rotatable bonds is 1. The minimum atomic E-state index is -0.579. The van der Waals surface area contributed by atoms with Gasteiger partial charge in [0.15, 0.2) is 0 Å². The number of carbonyl (C=O) groups excluding carboxylic acids is 1. The van der Waals surface area contributed by atoms with Crippen molar-refractivity contribution in [1.29, 1.82) is 0 Å². The van der Waals surface area contributed by atoms with Crippen LogP contribution in [0.25, 0.3) is 0 Å². The topological polar surface area (TPSA) is 69.1 Å². The van der Waals surface area contributed by atoms with Gasteiger partial charge in [-0.15, -0.1) is 0 Å². The Morgan fingerprint density at radius 3 is 2.62 bits per heavy atom. The van der Waals surface area contributed by atoms with E-state index in [1.807, 2.05) is 22.6 Å². The van der Waals surface area contributed by atoms with Crippen LogP contribution in [0.4, 0.5) is 5.69 Å². The highest BCUT2D eigenvalue weighted by Gasteiger charge is 2.14. The van der Waals surface area contributed by atoms with Crippen LogP contribution in [-0.2, 0) is 0 Å². The van der Waals surface area contributed by atoms with E-state index in [-0.39, 0.29) is 11.3 Å². The molecule has 0 heterocycles. The average molecular weight is 375 g/mol. The molecule has 70 valence electrons. The summed E-state index contributed by atoms with van der Waals surface area (Å²) >= 11 is 11.1. The lowest BCUT2D eigenvalue weighted by Crippen LogP contribution is -2.14. The molecule has 1 aromatic rings. The second kappa shape index (κ2) is 4.02. The van der Waals surface area contributed by atoms with Gasteiger partial charge in [-0.1, -0.05) is 11.6 Å². The van der Waals surface area contributed by atoms with Crippen molar-refractivity contribution in [3.63, 3.8) is 0 Å². The van der Waals surface area contributed by atoms with Crippen LogP contribution in [0.2, 0.25) is 5.02 Å². The van der Waals surface area contributed by atoms with E-state index in [4.69, 9.17) is 23.1 Å². The maximum atomic E-state index is 10.9. The summed E-state index contributed by atoms with van der Waals surface area (Å²) in [4.78, 5) is 10.9. The van der Waals surface area contributed by atoms with Crippen molar-refractivity contribution in [1.82, 2.24) is 0 Å². The number of carbonyl (C=O) groups is 1. The SMILES string of the molecule is NC(=O)c1cc(I)c(Br)c(Cl)c1N. The molecule has 3 nitrogen and oxygen atoms in total. The maximum absolute atomic E-state index is 10.9. The van der Waals surface area contributed by atoms with E-state index in [1.54, 1.807) is 6.07 Å². The monoisotopic (exact) mass is 374 g/mol. The summed E-state index contributed by atoms with van der Waals surface area (Å²) in [5, 5.41) is 0.320. The molecule has 6 heteroatoms.